The zero-order valence-corrected chi connectivity index (χ0v) is 38.6. The number of hydrogen-bond donors (Lipinski definition) is 0. The number of hydrogen-bond acceptors (Lipinski definition) is 1. The van der Waals surface area contributed by atoms with Crippen LogP contribution in [0.3, 0.4) is 0 Å². The van der Waals surface area contributed by atoms with Crippen LogP contribution < -0.4 is 0 Å². The molecule has 1 nitrogen and oxygen atoms in total. The Morgan fingerprint density at radius 1 is 0.229 bits per heavy atom. The maximum absolute atomic E-state index is 6.80. The molecule has 0 spiro atoms. The Hall–Kier alpha value is -9.04. The van der Waals surface area contributed by atoms with E-state index in [-0.39, 0.29) is 0 Å². The summed E-state index contributed by atoms with van der Waals surface area (Å²) in [7, 11) is 0. The van der Waals surface area contributed by atoms with Gasteiger partial charge in [-0.2, -0.15) is 0 Å². The van der Waals surface area contributed by atoms with E-state index in [1.54, 1.807) is 0 Å². The van der Waals surface area contributed by atoms with Crippen molar-refractivity contribution in [1.82, 2.24) is 0 Å². The third kappa shape index (κ3) is 6.33. The number of fused-ring (bicyclic) bond motifs is 8. The highest BCUT2D eigenvalue weighted by molar-refractivity contribution is 6.24. The average Bonchev–Trinajstić information content (AvgIpc) is 3.79. The highest BCUT2D eigenvalue weighted by Gasteiger charge is 2.21. The van der Waals surface area contributed by atoms with Crippen molar-refractivity contribution < 1.29 is 4.42 Å². The summed E-state index contributed by atoms with van der Waals surface area (Å²) in [6, 6.07) is 91.2. The van der Waals surface area contributed by atoms with Gasteiger partial charge in [0.15, 0.2) is 0 Å². The van der Waals surface area contributed by atoms with E-state index in [2.05, 4.69) is 256 Å². The fourth-order valence-electron chi connectivity index (χ4n) is 11.6. The fraction of sp³-hybridized carbons (Fsp3) is 0.0145. The summed E-state index contributed by atoms with van der Waals surface area (Å²) in [5.74, 6) is 0. The second-order valence-electron chi connectivity index (χ2n) is 18.7. The van der Waals surface area contributed by atoms with Crippen molar-refractivity contribution in [2.45, 2.75) is 6.92 Å². The largest absolute Gasteiger partial charge is 0.456 e. The molecule has 0 amide bonds. The third-order valence-electron chi connectivity index (χ3n) is 14.8. The Kier molecular flexibility index (Phi) is 9.19. The number of rotatable bonds is 6. The van der Waals surface area contributed by atoms with Gasteiger partial charge in [0.1, 0.15) is 11.2 Å². The lowest BCUT2D eigenvalue weighted by Crippen LogP contribution is -1.91. The quantitative estimate of drug-likeness (QED) is 0.152. The Balaban J connectivity index is 0.885. The van der Waals surface area contributed by atoms with E-state index in [0.717, 1.165) is 27.5 Å². The Bertz CT molecular complexity index is 4280. The standard InChI is InChI=1S/C69H44O/c1-43-15-2-4-18-51(43)45-29-33-47(34-30-45)66-55-20-6-10-24-59(55)68(60-25-11-7-21-56(60)66)49-38-40-64-63(41-49)54-39-37-50(42-65(54)70-64)69-61-26-12-8-22-57(61)67(58-23-9-13-27-62(58)69)48-35-31-46(32-36-48)53-28-14-17-44-16-3-5-19-52(44)53/h2-42H,1H3. The monoisotopic (exact) mass is 888 g/mol. The van der Waals surface area contributed by atoms with Gasteiger partial charge in [-0.1, -0.05) is 224 Å². The predicted octanol–water partition coefficient (Wildman–Crippen LogP) is 19.7. The first-order chi connectivity index (χ1) is 34.6. The molecule has 0 N–H and O–H groups in total. The van der Waals surface area contributed by atoms with Crippen molar-refractivity contribution in [3.63, 3.8) is 0 Å². The van der Waals surface area contributed by atoms with Gasteiger partial charge in [-0.25, -0.2) is 0 Å². The Morgan fingerprint density at radius 2 is 0.600 bits per heavy atom. The van der Waals surface area contributed by atoms with E-state index in [0.29, 0.717) is 0 Å². The van der Waals surface area contributed by atoms with E-state index in [4.69, 9.17) is 4.42 Å². The van der Waals surface area contributed by atoms with E-state index in [1.807, 2.05) is 0 Å². The van der Waals surface area contributed by atoms with Crippen LogP contribution in [0.5, 0.6) is 0 Å². The van der Waals surface area contributed by atoms with Crippen LogP contribution in [0.4, 0.5) is 0 Å². The van der Waals surface area contributed by atoms with Gasteiger partial charge in [0.05, 0.1) is 0 Å². The summed E-state index contributed by atoms with van der Waals surface area (Å²) in [6.07, 6.45) is 0. The summed E-state index contributed by atoms with van der Waals surface area (Å²) in [5, 5.41) is 14.6. The van der Waals surface area contributed by atoms with E-state index >= 15 is 0 Å². The summed E-state index contributed by atoms with van der Waals surface area (Å²) >= 11 is 0. The molecule has 1 aromatic heterocycles. The van der Waals surface area contributed by atoms with E-state index in [9.17, 15) is 0 Å². The molecule has 0 unspecified atom stereocenters. The highest BCUT2D eigenvalue weighted by atomic mass is 16.3. The summed E-state index contributed by atoms with van der Waals surface area (Å²) in [6.45, 7) is 2.18. The zero-order valence-electron chi connectivity index (χ0n) is 38.6. The first-order valence-electron chi connectivity index (χ1n) is 24.2. The first kappa shape index (κ1) is 40.1. The molecule has 0 fully saturated rings. The molecule has 1 heteroatoms. The molecule has 0 atom stereocenters. The third-order valence-corrected chi connectivity index (χ3v) is 14.8. The zero-order chi connectivity index (χ0) is 46.3. The Labute approximate surface area is 406 Å². The molecule has 13 aromatic carbocycles. The molecule has 0 saturated heterocycles. The number of benzene rings is 13. The van der Waals surface area contributed by atoms with Gasteiger partial charge in [-0.15, -0.1) is 0 Å². The van der Waals surface area contributed by atoms with Crippen LogP contribution in [0.2, 0.25) is 0 Å². The van der Waals surface area contributed by atoms with Gasteiger partial charge in [0, 0.05) is 10.8 Å². The fourth-order valence-corrected chi connectivity index (χ4v) is 11.6. The molecular formula is C69H44O. The number of furan rings is 1. The molecule has 0 radical (unpaired) electrons. The van der Waals surface area contributed by atoms with Crippen molar-refractivity contribution in [2.75, 3.05) is 0 Å². The summed E-state index contributed by atoms with van der Waals surface area (Å²) in [5.41, 5.74) is 17.7. The van der Waals surface area contributed by atoms with Crippen molar-refractivity contribution in [2.24, 2.45) is 0 Å². The molecule has 1 heterocycles. The summed E-state index contributed by atoms with van der Waals surface area (Å²) in [4.78, 5) is 0. The number of aryl methyl sites for hydroxylation is 1. The molecular weight excluding hydrogens is 845 g/mol. The van der Waals surface area contributed by atoms with Crippen LogP contribution in [-0.4, -0.2) is 0 Å². The minimum absolute atomic E-state index is 0.880. The maximum Gasteiger partial charge on any atom is 0.136 e. The normalized spacial score (nSPS) is 11.8. The topological polar surface area (TPSA) is 13.1 Å². The lowest BCUT2D eigenvalue weighted by molar-refractivity contribution is 0.669. The SMILES string of the molecule is Cc1ccccc1-c1ccc(-c2c3ccccc3c(-c3ccc4oc5cc(-c6c7ccccc7c(-c7ccc(-c8cccc9ccccc89)cc7)c7ccccc67)ccc5c4c3)c3ccccc23)cc1. The van der Waals surface area contributed by atoms with Crippen molar-refractivity contribution >= 4 is 75.8 Å². The van der Waals surface area contributed by atoms with Crippen molar-refractivity contribution in [1.29, 1.82) is 0 Å². The van der Waals surface area contributed by atoms with Crippen LogP contribution in [0, 0.1) is 6.92 Å². The second kappa shape index (κ2) is 16.0. The maximum atomic E-state index is 6.80. The van der Waals surface area contributed by atoms with Crippen molar-refractivity contribution in [3.05, 3.63) is 254 Å². The van der Waals surface area contributed by atoms with Gasteiger partial charge >= 0.3 is 0 Å². The van der Waals surface area contributed by atoms with E-state index in [1.165, 1.54) is 121 Å². The average molecular weight is 889 g/mol. The van der Waals surface area contributed by atoms with Gasteiger partial charge < -0.3 is 4.42 Å². The lowest BCUT2D eigenvalue weighted by atomic mass is 9.85. The van der Waals surface area contributed by atoms with Crippen LogP contribution >= 0.6 is 0 Å². The van der Waals surface area contributed by atoms with Gasteiger partial charge in [-0.05, 0) is 157 Å². The van der Waals surface area contributed by atoms with Crippen LogP contribution in [0.15, 0.2) is 253 Å². The van der Waals surface area contributed by atoms with Crippen LogP contribution in [0.25, 0.3) is 143 Å². The second-order valence-corrected chi connectivity index (χ2v) is 18.7. The van der Waals surface area contributed by atoms with Gasteiger partial charge in [0.2, 0.25) is 0 Å². The molecule has 0 bridgehead atoms. The van der Waals surface area contributed by atoms with Crippen molar-refractivity contribution in [3.8, 4) is 66.8 Å². The highest BCUT2D eigenvalue weighted by Crippen LogP contribution is 2.48. The predicted molar refractivity (Wildman–Crippen MR) is 299 cm³/mol. The molecule has 70 heavy (non-hydrogen) atoms. The minimum atomic E-state index is 0.880. The molecule has 0 aliphatic rings. The molecule has 0 saturated carbocycles. The van der Waals surface area contributed by atoms with Crippen LogP contribution in [0.1, 0.15) is 5.56 Å². The molecule has 14 rings (SSSR count). The van der Waals surface area contributed by atoms with E-state index < -0.39 is 0 Å². The minimum Gasteiger partial charge on any atom is -0.456 e. The molecule has 14 aromatic rings. The van der Waals surface area contributed by atoms with Gasteiger partial charge in [-0.3, -0.25) is 0 Å². The first-order valence-corrected chi connectivity index (χ1v) is 24.2. The molecule has 326 valence electrons. The van der Waals surface area contributed by atoms with Crippen LogP contribution in [-0.2, 0) is 0 Å². The molecule has 0 aliphatic carbocycles. The smallest absolute Gasteiger partial charge is 0.136 e. The molecule has 0 aliphatic heterocycles. The Morgan fingerprint density at radius 3 is 1.13 bits per heavy atom. The van der Waals surface area contributed by atoms with Gasteiger partial charge in [0.25, 0.3) is 0 Å². The summed E-state index contributed by atoms with van der Waals surface area (Å²) < 4.78 is 6.80. The lowest BCUT2D eigenvalue weighted by Gasteiger charge is -2.18.